The maximum atomic E-state index is 9.86. The van der Waals surface area contributed by atoms with E-state index in [4.69, 9.17) is 10.5 Å². The summed E-state index contributed by atoms with van der Waals surface area (Å²) in [5.41, 5.74) is 9.96. The summed E-state index contributed by atoms with van der Waals surface area (Å²) in [5.74, 6) is 0.328. The molecular weight excluding hydrogens is 380 g/mol. The number of benzene rings is 2. The molecule has 0 saturated heterocycles. The average Bonchev–Trinajstić information content (AvgIpc) is 3.08. The van der Waals surface area contributed by atoms with E-state index >= 15 is 0 Å². The molecule has 4 rings (SSSR count). The monoisotopic (exact) mass is 398 g/mol. The van der Waals surface area contributed by atoms with Gasteiger partial charge in [0.15, 0.2) is 0 Å². The lowest BCUT2D eigenvalue weighted by Crippen LogP contribution is -2.00. The van der Waals surface area contributed by atoms with E-state index in [2.05, 4.69) is 16.0 Å². The first kappa shape index (κ1) is 18.7. The number of pyridine rings is 1. The Hall–Kier alpha value is -3.69. The molecule has 2 heterocycles. The van der Waals surface area contributed by atoms with Crippen molar-refractivity contribution in [2.45, 2.75) is 6.92 Å². The molecule has 4 aromatic rings. The van der Waals surface area contributed by atoms with Crippen molar-refractivity contribution in [1.29, 1.82) is 5.26 Å². The summed E-state index contributed by atoms with van der Waals surface area (Å²) in [5, 5.41) is 10.6. The van der Waals surface area contributed by atoms with Crippen molar-refractivity contribution in [3.63, 3.8) is 0 Å². The van der Waals surface area contributed by atoms with Gasteiger partial charge in [0.1, 0.15) is 16.5 Å². The summed E-state index contributed by atoms with van der Waals surface area (Å²) in [6.45, 7) is 2.29. The first-order chi connectivity index (χ1) is 14.2. The largest absolute Gasteiger partial charge is 0.477 e. The van der Waals surface area contributed by atoms with E-state index < -0.39 is 0 Å². The van der Waals surface area contributed by atoms with E-state index in [1.165, 1.54) is 11.3 Å². The number of anilines is 1. The minimum Gasteiger partial charge on any atom is -0.477 e. The van der Waals surface area contributed by atoms with Crippen molar-refractivity contribution in [2.24, 2.45) is 4.99 Å². The number of nitrogen functional groups attached to an aromatic ring is 1. The van der Waals surface area contributed by atoms with Gasteiger partial charge < -0.3 is 10.5 Å². The molecule has 0 unspecified atom stereocenters. The molecule has 142 valence electrons. The number of aliphatic imine (C=N–C) groups is 1. The maximum absolute atomic E-state index is 9.86. The highest BCUT2D eigenvalue weighted by Gasteiger charge is 2.22. The van der Waals surface area contributed by atoms with Crippen LogP contribution >= 0.6 is 11.3 Å². The van der Waals surface area contributed by atoms with Gasteiger partial charge in [-0.1, -0.05) is 48.5 Å². The third kappa shape index (κ3) is 3.56. The first-order valence-electron chi connectivity index (χ1n) is 9.16. The summed E-state index contributed by atoms with van der Waals surface area (Å²) in [6.07, 6.45) is 1.75. The predicted octanol–water partition coefficient (Wildman–Crippen LogP) is 5.57. The van der Waals surface area contributed by atoms with Crippen molar-refractivity contribution in [3.8, 4) is 23.1 Å². The molecule has 0 spiro atoms. The third-order valence-corrected chi connectivity index (χ3v) is 5.45. The average molecular weight is 398 g/mol. The molecule has 0 fully saturated rings. The van der Waals surface area contributed by atoms with Gasteiger partial charge in [-0.15, -0.1) is 11.3 Å². The number of hydrogen-bond acceptors (Lipinski definition) is 6. The molecule has 6 heteroatoms. The number of hydrogen-bond donors (Lipinski definition) is 1. The Morgan fingerprint density at radius 2 is 1.83 bits per heavy atom. The van der Waals surface area contributed by atoms with Crippen LogP contribution in [0, 0.1) is 11.3 Å². The topological polar surface area (TPSA) is 84.3 Å². The van der Waals surface area contributed by atoms with Crippen LogP contribution in [0.5, 0.6) is 5.88 Å². The molecule has 0 aliphatic rings. The molecule has 0 saturated carbocycles. The fourth-order valence-electron chi connectivity index (χ4n) is 3.13. The predicted molar refractivity (Wildman–Crippen MR) is 119 cm³/mol. The van der Waals surface area contributed by atoms with Gasteiger partial charge in [0.2, 0.25) is 5.88 Å². The summed E-state index contributed by atoms with van der Waals surface area (Å²) in [7, 11) is 0. The quantitative estimate of drug-likeness (QED) is 0.446. The Balaban J connectivity index is 1.96. The normalized spacial score (nSPS) is 11.0. The number of nitriles is 1. The Morgan fingerprint density at radius 1 is 1.14 bits per heavy atom. The molecular formula is C23H18N4OS. The van der Waals surface area contributed by atoms with Crippen LogP contribution in [0.1, 0.15) is 17.4 Å². The Bertz CT molecular complexity index is 1220. The second-order valence-electron chi connectivity index (χ2n) is 6.23. The Labute approximate surface area is 172 Å². The van der Waals surface area contributed by atoms with E-state index in [0.29, 0.717) is 23.7 Å². The molecule has 0 aliphatic carbocycles. The SMILES string of the molecule is CCOc1nc2sc(C=Nc3ccccc3)c(N)c2c(-c2ccccc2)c1C#N. The van der Waals surface area contributed by atoms with Crippen molar-refractivity contribution >= 4 is 39.1 Å². The van der Waals surface area contributed by atoms with Gasteiger partial charge in [-0.2, -0.15) is 5.26 Å². The van der Waals surface area contributed by atoms with E-state index in [-0.39, 0.29) is 0 Å². The number of rotatable bonds is 5. The van der Waals surface area contributed by atoms with Gasteiger partial charge in [-0.25, -0.2) is 4.98 Å². The molecule has 5 nitrogen and oxygen atoms in total. The van der Waals surface area contributed by atoms with Crippen LogP contribution in [-0.2, 0) is 0 Å². The lowest BCUT2D eigenvalue weighted by Gasteiger charge is -2.11. The number of nitrogens with two attached hydrogens (primary N) is 1. The van der Waals surface area contributed by atoms with Crippen LogP contribution in [0.2, 0.25) is 0 Å². The number of para-hydroxylation sites is 1. The minimum atomic E-state index is 0.328. The molecule has 0 amide bonds. The lowest BCUT2D eigenvalue weighted by atomic mass is 9.97. The van der Waals surface area contributed by atoms with Crippen LogP contribution in [0.15, 0.2) is 65.7 Å². The zero-order chi connectivity index (χ0) is 20.2. The lowest BCUT2D eigenvalue weighted by molar-refractivity contribution is 0.327. The number of fused-ring (bicyclic) bond motifs is 1. The van der Waals surface area contributed by atoms with Gasteiger partial charge in [0.25, 0.3) is 0 Å². The van der Waals surface area contributed by atoms with Gasteiger partial charge in [-0.3, -0.25) is 4.99 Å². The zero-order valence-electron chi connectivity index (χ0n) is 15.8. The standard InChI is InChI=1S/C23H18N4OS/c1-2-28-22-17(13-24)19(15-9-5-3-6-10-15)20-21(25)18(29-23(20)27-22)14-26-16-11-7-4-8-12-16/h3-12,14H,2,25H2,1H3. The van der Waals surface area contributed by atoms with Gasteiger partial charge in [0, 0.05) is 17.2 Å². The molecule has 29 heavy (non-hydrogen) atoms. The van der Waals surface area contributed by atoms with Crippen LogP contribution < -0.4 is 10.5 Å². The zero-order valence-corrected chi connectivity index (χ0v) is 16.6. The number of thiophene rings is 1. The highest BCUT2D eigenvalue weighted by atomic mass is 32.1. The molecule has 2 N–H and O–H groups in total. The Kier molecular flexibility index (Phi) is 5.23. The molecule has 2 aromatic carbocycles. The molecule has 0 bridgehead atoms. The minimum absolute atomic E-state index is 0.328. The number of aromatic nitrogens is 1. The van der Waals surface area contributed by atoms with Crippen LogP contribution in [0.4, 0.5) is 11.4 Å². The molecule has 0 aliphatic heterocycles. The third-order valence-electron chi connectivity index (χ3n) is 4.41. The number of ether oxygens (including phenoxy) is 1. The smallest absolute Gasteiger partial charge is 0.233 e. The number of nitrogens with zero attached hydrogens (tertiary/aromatic N) is 3. The van der Waals surface area contributed by atoms with Crippen molar-refractivity contribution in [3.05, 3.63) is 71.1 Å². The van der Waals surface area contributed by atoms with E-state index in [1.807, 2.05) is 67.6 Å². The van der Waals surface area contributed by atoms with Crippen molar-refractivity contribution in [1.82, 2.24) is 4.98 Å². The summed E-state index contributed by atoms with van der Waals surface area (Å²) in [6, 6.07) is 21.6. The van der Waals surface area contributed by atoms with Crippen LogP contribution in [0.25, 0.3) is 21.3 Å². The van der Waals surface area contributed by atoms with E-state index in [1.54, 1.807) is 6.21 Å². The highest BCUT2D eigenvalue weighted by molar-refractivity contribution is 7.21. The summed E-state index contributed by atoms with van der Waals surface area (Å²) < 4.78 is 5.68. The van der Waals surface area contributed by atoms with Crippen molar-refractivity contribution < 1.29 is 4.74 Å². The molecule has 0 atom stereocenters. The Morgan fingerprint density at radius 3 is 2.48 bits per heavy atom. The van der Waals surface area contributed by atoms with E-state index in [0.717, 1.165) is 31.9 Å². The van der Waals surface area contributed by atoms with Crippen molar-refractivity contribution in [2.75, 3.05) is 12.3 Å². The first-order valence-corrected chi connectivity index (χ1v) is 9.98. The highest BCUT2D eigenvalue weighted by Crippen LogP contribution is 2.43. The van der Waals surface area contributed by atoms with Gasteiger partial charge in [-0.05, 0) is 24.6 Å². The fraction of sp³-hybridized carbons (Fsp3) is 0.0870. The summed E-state index contributed by atoms with van der Waals surface area (Å²) >= 11 is 1.44. The maximum Gasteiger partial charge on any atom is 0.233 e. The summed E-state index contributed by atoms with van der Waals surface area (Å²) in [4.78, 5) is 10.6. The second kappa shape index (κ2) is 8.13. The van der Waals surface area contributed by atoms with Gasteiger partial charge >= 0.3 is 0 Å². The van der Waals surface area contributed by atoms with Gasteiger partial charge in [0.05, 0.1) is 22.9 Å². The van der Waals surface area contributed by atoms with Crippen LogP contribution in [0.3, 0.4) is 0 Å². The van der Waals surface area contributed by atoms with E-state index in [9.17, 15) is 5.26 Å². The molecule has 0 radical (unpaired) electrons. The second-order valence-corrected chi connectivity index (χ2v) is 7.26. The van der Waals surface area contributed by atoms with Crippen LogP contribution in [-0.4, -0.2) is 17.8 Å². The molecule has 2 aromatic heterocycles. The fourth-order valence-corrected chi connectivity index (χ4v) is 4.10.